The first-order valence-corrected chi connectivity index (χ1v) is 4.57. The van der Waals surface area contributed by atoms with E-state index in [1.807, 2.05) is 0 Å². The van der Waals surface area contributed by atoms with E-state index in [4.69, 9.17) is 11.6 Å². The van der Waals surface area contributed by atoms with E-state index in [2.05, 4.69) is 0 Å². The lowest BCUT2D eigenvalue weighted by molar-refractivity contribution is -0.137. The molecule has 0 nitrogen and oxygen atoms in total. The van der Waals surface area contributed by atoms with E-state index >= 15 is 0 Å². The smallest absolute Gasteiger partial charge is 0.166 e. The van der Waals surface area contributed by atoms with E-state index in [1.165, 1.54) is 0 Å². The summed E-state index contributed by atoms with van der Waals surface area (Å²) in [6.07, 6.45) is -2.54. The van der Waals surface area contributed by atoms with Crippen LogP contribution in [0.3, 0.4) is 0 Å². The van der Waals surface area contributed by atoms with Crippen molar-refractivity contribution in [1.29, 1.82) is 0 Å². The molecule has 0 heterocycles. The maximum absolute atomic E-state index is 12.4. The molecule has 1 radical (unpaired) electrons. The Morgan fingerprint density at radius 3 is 2.21 bits per heavy atom. The summed E-state index contributed by atoms with van der Waals surface area (Å²) in [5.41, 5.74) is -0.0378. The Balaban J connectivity index is 2.41. The minimum atomic E-state index is -4.31. The molecule has 0 spiro atoms. The predicted octanol–water partition coefficient (Wildman–Crippen LogP) is 4.08. The molecular formula is C10H7ClF3. The molecule has 0 bridgehead atoms. The standard InChI is InChI=1S/C10H7ClF3/c11-9-4-7(6-1-2-6)3-8(5-9)10(12,13)14/h3-5H,1-2H2. The Morgan fingerprint density at radius 1 is 1.07 bits per heavy atom. The monoisotopic (exact) mass is 219 g/mol. The second-order valence-corrected chi connectivity index (χ2v) is 3.77. The molecule has 1 fully saturated rings. The number of rotatable bonds is 1. The van der Waals surface area contributed by atoms with Crippen molar-refractivity contribution >= 4 is 11.6 Å². The molecule has 0 saturated heterocycles. The lowest BCUT2D eigenvalue weighted by atomic mass is 10.1. The molecule has 0 N–H and O–H groups in total. The molecular weight excluding hydrogens is 213 g/mol. The third-order valence-electron chi connectivity index (χ3n) is 2.13. The lowest BCUT2D eigenvalue weighted by Gasteiger charge is -2.08. The van der Waals surface area contributed by atoms with Crippen LogP contribution in [0.4, 0.5) is 13.2 Å². The minimum absolute atomic E-state index is 0.147. The molecule has 4 heteroatoms. The second-order valence-electron chi connectivity index (χ2n) is 3.33. The van der Waals surface area contributed by atoms with Crippen molar-refractivity contribution in [1.82, 2.24) is 0 Å². The van der Waals surface area contributed by atoms with Gasteiger partial charge in [0.15, 0.2) is 0 Å². The summed E-state index contributed by atoms with van der Waals surface area (Å²) >= 11 is 5.61. The van der Waals surface area contributed by atoms with Gasteiger partial charge in [0.2, 0.25) is 0 Å². The van der Waals surface area contributed by atoms with Gasteiger partial charge in [-0.3, -0.25) is 0 Å². The molecule has 0 amide bonds. The van der Waals surface area contributed by atoms with Gasteiger partial charge in [-0.25, -0.2) is 0 Å². The highest BCUT2D eigenvalue weighted by Gasteiger charge is 2.33. The lowest BCUT2D eigenvalue weighted by Crippen LogP contribution is -2.05. The van der Waals surface area contributed by atoms with Crippen molar-refractivity contribution in [3.8, 4) is 0 Å². The fourth-order valence-electron chi connectivity index (χ4n) is 1.31. The van der Waals surface area contributed by atoms with Gasteiger partial charge in [0.05, 0.1) is 5.56 Å². The van der Waals surface area contributed by atoms with Crippen molar-refractivity contribution < 1.29 is 13.2 Å². The molecule has 1 aromatic rings. The minimum Gasteiger partial charge on any atom is -0.166 e. The number of hydrogen-bond donors (Lipinski definition) is 0. The van der Waals surface area contributed by atoms with E-state index in [1.54, 1.807) is 6.07 Å². The third-order valence-corrected chi connectivity index (χ3v) is 2.35. The van der Waals surface area contributed by atoms with Gasteiger partial charge in [-0.15, -0.1) is 0 Å². The number of benzene rings is 1. The van der Waals surface area contributed by atoms with Crippen LogP contribution in [0.25, 0.3) is 0 Å². The third kappa shape index (κ3) is 2.03. The van der Waals surface area contributed by atoms with Crippen molar-refractivity contribution in [2.24, 2.45) is 0 Å². The van der Waals surface area contributed by atoms with Crippen LogP contribution in [0.15, 0.2) is 18.2 Å². The van der Waals surface area contributed by atoms with Gasteiger partial charge >= 0.3 is 6.18 Å². The van der Waals surface area contributed by atoms with Crippen molar-refractivity contribution in [2.45, 2.75) is 19.0 Å². The first kappa shape index (κ1) is 9.84. The number of hydrogen-bond acceptors (Lipinski definition) is 0. The maximum Gasteiger partial charge on any atom is 0.416 e. The topological polar surface area (TPSA) is 0 Å². The maximum atomic E-state index is 12.4. The number of alkyl halides is 3. The molecule has 14 heavy (non-hydrogen) atoms. The summed E-state index contributed by atoms with van der Waals surface area (Å²) in [5.74, 6) is 1.05. The first-order chi connectivity index (χ1) is 6.47. The van der Waals surface area contributed by atoms with Crippen LogP contribution in [0.2, 0.25) is 5.02 Å². The average molecular weight is 220 g/mol. The Bertz CT molecular complexity index is 353. The summed E-state index contributed by atoms with van der Waals surface area (Å²) in [7, 11) is 0. The molecule has 1 saturated carbocycles. The highest BCUT2D eigenvalue weighted by atomic mass is 35.5. The molecule has 0 atom stereocenters. The zero-order valence-corrected chi connectivity index (χ0v) is 7.91. The Kier molecular flexibility index (Phi) is 2.22. The van der Waals surface area contributed by atoms with Gasteiger partial charge in [-0.2, -0.15) is 13.2 Å². The van der Waals surface area contributed by atoms with Crippen LogP contribution in [0, 0.1) is 5.92 Å². The van der Waals surface area contributed by atoms with Crippen LogP contribution in [-0.2, 0) is 6.18 Å². The molecule has 75 valence electrons. The summed E-state index contributed by atoms with van der Waals surface area (Å²) in [6, 6.07) is 3.70. The van der Waals surface area contributed by atoms with Gasteiger partial charge < -0.3 is 0 Å². The van der Waals surface area contributed by atoms with E-state index in [0.29, 0.717) is 5.56 Å². The quantitative estimate of drug-likeness (QED) is 0.668. The zero-order chi connectivity index (χ0) is 10.3. The normalized spacial score (nSPS) is 17.1. The molecule has 2 rings (SSSR count). The Morgan fingerprint density at radius 2 is 1.71 bits per heavy atom. The zero-order valence-electron chi connectivity index (χ0n) is 7.16. The van der Waals surface area contributed by atoms with Crippen LogP contribution in [-0.4, -0.2) is 0 Å². The Hall–Kier alpha value is -0.700. The van der Waals surface area contributed by atoms with Crippen LogP contribution >= 0.6 is 11.6 Å². The molecule has 1 aromatic carbocycles. The largest absolute Gasteiger partial charge is 0.416 e. The fraction of sp³-hybridized carbons (Fsp3) is 0.300. The molecule has 1 aliphatic carbocycles. The summed E-state index contributed by atoms with van der Waals surface area (Å²) in [4.78, 5) is 0. The molecule has 1 aliphatic rings. The molecule has 0 aromatic heterocycles. The SMILES string of the molecule is FC(F)(F)c1cc(Cl)cc([C]2CC2)c1. The number of halogens is 4. The van der Waals surface area contributed by atoms with Gasteiger partial charge in [0, 0.05) is 10.9 Å². The summed E-state index contributed by atoms with van der Waals surface area (Å²) in [6.45, 7) is 0. The molecule has 0 aliphatic heterocycles. The first-order valence-electron chi connectivity index (χ1n) is 4.20. The average Bonchev–Trinajstić information content (AvgIpc) is 2.83. The van der Waals surface area contributed by atoms with E-state index in [0.717, 1.165) is 30.9 Å². The van der Waals surface area contributed by atoms with Crippen LogP contribution in [0.5, 0.6) is 0 Å². The predicted molar refractivity (Wildman–Crippen MR) is 48.0 cm³/mol. The van der Waals surface area contributed by atoms with Crippen molar-refractivity contribution in [2.75, 3.05) is 0 Å². The van der Waals surface area contributed by atoms with E-state index < -0.39 is 11.7 Å². The van der Waals surface area contributed by atoms with Crippen molar-refractivity contribution in [3.05, 3.63) is 40.3 Å². The van der Waals surface area contributed by atoms with E-state index in [-0.39, 0.29) is 5.02 Å². The highest BCUT2D eigenvalue weighted by molar-refractivity contribution is 6.30. The highest BCUT2D eigenvalue weighted by Crippen LogP contribution is 2.42. The van der Waals surface area contributed by atoms with Gasteiger partial charge in [-0.05, 0) is 36.6 Å². The van der Waals surface area contributed by atoms with Gasteiger partial charge in [0.1, 0.15) is 0 Å². The molecule has 0 unspecified atom stereocenters. The van der Waals surface area contributed by atoms with Gasteiger partial charge in [0.25, 0.3) is 0 Å². The van der Waals surface area contributed by atoms with Crippen LogP contribution in [0.1, 0.15) is 24.0 Å². The van der Waals surface area contributed by atoms with Crippen LogP contribution < -0.4 is 0 Å². The Labute approximate surface area is 84.7 Å². The van der Waals surface area contributed by atoms with Crippen molar-refractivity contribution in [3.63, 3.8) is 0 Å². The second kappa shape index (κ2) is 3.16. The van der Waals surface area contributed by atoms with Gasteiger partial charge in [-0.1, -0.05) is 11.6 Å². The van der Waals surface area contributed by atoms with E-state index in [9.17, 15) is 13.2 Å². The fourth-order valence-corrected chi connectivity index (χ4v) is 1.54. The summed E-state index contributed by atoms with van der Waals surface area (Å²) < 4.78 is 37.1. The summed E-state index contributed by atoms with van der Waals surface area (Å²) in [5, 5.41) is 0.147.